The highest BCUT2D eigenvalue weighted by molar-refractivity contribution is 9.10. The highest BCUT2D eigenvalue weighted by atomic mass is 79.9. The Morgan fingerprint density at radius 3 is 3.06 bits per heavy atom. The van der Waals surface area contributed by atoms with E-state index in [0.717, 1.165) is 30.4 Å². The van der Waals surface area contributed by atoms with Crippen LogP contribution < -0.4 is 10.2 Å². The lowest BCUT2D eigenvalue weighted by atomic mass is 10.1. The van der Waals surface area contributed by atoms with Crippen molar-refractivity contribution in [1.82, 2.24) is 5.32 Å². The van der Waals surface area contributed by atoms with E-state index in [-0.39, 0.29) is 11.9 Å². The predicted octanol–water partition coefficient (Wildman–Crippen LogP) is 1.70. The van der Waals surface area contributed by atoms with Crippen LogP contribution in [-0.2, 0) is 11.2 Å². The lowest BCUT2D eigenvalue weighted by Gasteiger charge is -2.24. The summed E-state index contributed by atoms with van der Waals surface area (Å²) in [5.74, 6) is 0.174. The fraction of sp³-hybridized carbons (Fsp3) is 0.417. The van der Waals surface area contributed by atoms with Gasteiger partial charge in [0.15, 0.2) is 0 Å². The lowest BCUT2D eigenvalue weighted by molar-refractivity contribution is -0.120. The molecule has 3 nitrogen and oxygen atoms in total. The van der Waals surface area contributed by atoms with Crippen LogP contribution in [0.1, 0.15) is 12.0 Å². The van der Waals surface area contributed by atoms with Crippen molar-refractivity contribution in [3.05, 3.63) is 28.2 Å². The van der Waals surface area contributed by atoms with E-state index in [0.29, 0.717) is 0 Å². The molecule has 1 fully saturated rings. The van der Waals surface area contributed by atoms with Gasteiger partial charge in [0.05, 0.1) is 0 Å². The van der Waals surface area contributed by atoms with Gasteiger partial charge in [-0.15, -0.1) is 0 Å². The molecule has 84 valence electrons. The largest absolute Gasteiger partial charge is 0.359 e. The highest BCUT2D eigenvalue weighted by Gasteiger charge is 2.33. The molecule has 2 aliphatic heterocycles. The van der Waals surface area contributed by atoms with Crippen LogP contribution in [0, 0.1) is 0 Å². The van der Waals surface area contributed by atoms with Crippen molar-refractivity contribution in [2.24, 2.45) is 0 Å². The monoisotopic (exact) mass is 280 g/mol. The highest BCUT2D eigenvalue weighted by Crippen LogP contribution is 2.33. The van der Waals surface area contributed by atoms with Gasteiger partial charge in [-0.1, -0.05) is 22.0 Å². The normalized spacial score (nSPS) is 23.4. The number of carbonyl (C=O) groups excluding carboxylic acids is 1. The first-order valence-corrected chi connectivity index (χ1v) is 6.38. The Labute approximate surface area is 103 Å². The van der Waals surface area contributed by atoms with Crippen molar-refractivity contribution in [1.29, 1.82) is 0 Å². The topological polar surface area (TPSA) is 32.3 Å². The quantitative estimate of drug-likeness (QED) is 0.849. The molecular formula is C12H13BrN2O. The third-order valence-electron chi connectivity index (χ3n) is 3.37. The van der Waals surface area contributed by atoms with Gasteiger partial charge < -0.3 is 10.2 Å². The number of nitrogens with one attached hydrogen (secondary N) is 1. The third-order valence-corrected chi connectivity index (χ3v) is 3.87. The summed E-state index contributed by atoms with van der Waals surface area (Å²) in [6.07, 6.45) is 1.97. The summed E-state index contributed by atoms with van der Waals surface area (Å²) in [5.41, 5.74) is 2.57. The van der Waals surface area contributed by atoms with Gasteiger partial charge in [0.1, 0.15) is 6.04 Å². The Hall–Kier alpha value is -1.03. The summed E-state index contributed by atoms with van der Waals surface area (Å²) in [6.45, 7) is 1.77. The van der Waals surface area contributed by atoms with Crippen molar-refractivity contribution in [3.8, 4) is 0 Å². The molecule has 1 aromatic rings. The predicted molar refractivity (Wildman–Crippen MR) is 66.6 cm³/mol. The van der Waals surface area contributed by atoms with E-state index in [2.05, 4.69) is 44.3 Å². The van der Waals surface area contributed by atoms with Gasteiger partial charge in [0, 0.05) is 23.2 Å². The second-order valence-corrected chi connectivity index (χ2v) is 5.23. The van der Waals surface area contributed by atoms with E-state index in [4.69, 9.17) is 0 Å². The van der Waals surface area contributed by atoms with Crippen LogP contribution in [-0.4, -0.2) is 25.0 Å². The molecule has 1 saturated heterocycles. The maximum atomic E-state index is 11.7. The van der Waals surface area contributed by atoms with E-state index in [1.807, 2.05) is 0 Å². The fourth-order valence-corrected chi connectivity index (χ4v) is 2.93. The number of hydrogen-bond donors (Lipinski definition) is 1. The van der Waals surface area contributed by atoms with Crippen LogP contribution in [0.5, 0.6) is 0 Å². The molecule has 16 heavy (non-hydrogen) atoms. The van der Waals surface area contributed by atoms with E-state index >= 15 is 0 Å². The van der Waals surface area contributed by atoms with Gasteiger partial charge in [0.25, 0.3) is 0 Å². The van der Waals surface area contributed by atoms with Crippen LogP contribution in [0.4, 0.5) is 5.69 Å². The van der Waals surface area contributed by atoms with Crippen LogP contribution >= 0.6 is 15.9 Å². The minimum atomic E-state index is 0.0375. The molecule has 0 bridgehead atoms. The van der Waals surface area contributed by atoms with Gasteiger partial charge >= 0.3 is 0 Å². The van der Waals surface area contributed by atoms with E-state index < -0.39 is 0 Å². The van der Waals surface area contributed by atoms with E-state index in [9.17, 15) is 4.79 Å². The molecule has 1 atom stereocenters. The maximum Gasteiger partial charge on any atom is 0.242 e. The van der Waals surface area contributed by atoms with Gasteiger partial charge in [-0.3, -0.25) is 4.79 Å². The molecule has 1 amide bonds. The summed E-state index contributed by atoms with van der Waals surface area (Å²) in [4.78, 5) is 13.9. The Morgan fingerprint density at radius 1 is 1.44 bits per heavy atom. The Morgan fingerprint density at radius 2 is 2.31 bits per heavy atom. The summed E-state index contributed by atoms with van der Waals surface area (Å²) < 4.78 is 1.08. The second-order valence-electron chi connectivity index (χ2n) is 4.31. The van der Waals surface area contributed by atoms with Crippen molar-refractivity contribution >= 4 is 27.5 Å². The molecule has 4 heteroatoms. The molecule has 0 saturated carbocycles. The van der Waals surface area contributed by atoms with Gasteiger partial charge in [-0.2, -0.15) is 0 Å². The molecule has 2 aliphatic rings. The van der Waals surface area contributed by atoms with Crippen molar-refractivity contribution in [2.45, 2.75) is 18.9 Å². The minimum absolute atomic E-state index is 0.0375. The average molecular weight is 281 g/mol. The summed E-state index contributed by atoms with van der Waals surface area (Å²) in [6, 6.07) is 6.37. The summed E-state index contributed by atoms with van der Waals surface area (Å²) in [5, 5.41) is 2.90. The lowest BCUT2D eigenvalue weighted by Crippen LogP contribution is -2.39. The smallest absolute Gasteiger partial charge is 0.242 e. The SMILES string of the molecule is O=C1NCCC1N1CCc2ccc(Br)cc21. The zero-order valence-electron chi connectivity index (χ0n) is 8.87. The third kappa shape index (κ3) is 1.52. The number of fused-ring (bicyclic) bond motifs is 1. The molecule has 1 aromatic carbocycles. The number of carbonyl (C=O) groups is 1. The zero-order chi connectivity index (χ0) is 11.1. The maximum absolute atomic E-state index is 11.7. The number of anilines is 1. The number of amides is 1. The first kappa shape index (κ1) is 10.1. The number of halogens is 1. The molecule has 1 unspecified atom stereocenters. The fourth-order valence-electron chi connectivity index (χ4n) is 2.58. The van der Waals surface area contributed by atoms with Crippen molar-refractivity contribution in [2.75, 3.05) is 18.0 Å². The molecular weight excluding hydrogens is 268 g/mol. The van der Waals surface area contributed by atoms with Crippen LogP contribution in [0.25, 0.3) is 0 Å². The Bertz CT molecular complexity index is 447. The van der Waals surface area contributed by atoms with E-state index in [1.54, 1.807) is 0 Å². The first-order chi connectivity index (χ1) is 7.75. The molecule has 0 aliphatic carbocycles. The van der Waals surface area contributed by atoms with Crippen molar-refractivity contribution < 1.29 is 4.79 Å². The van der Waals surface area contributed by atoms with Crippen LogP contribution in [0.15, 0.2) is 22.7 Å². The van der Waals surface area contributed by atoms with Crippen LogP contribution in [0.2, 0.25) is 0 Å². The van der Waals surface area contributed by atoms with E-state index in [1.165, 1.54) is 11.3 Å². The molecule has 0 radical (unpaired) electrons. The zero-order valence-corrected chi connectivity index (χ0v) is 10.5. The summed E-state index contributed by atoms with van der Waals surface area (Å²) >= 11 is 3.49. The standard InChI is InChI=1S/C12H13BrN2O/c13-9-2-1-8-4-6-15(11(8)7-9)10-3-5-14-12(10)16/h1-2,7,10H,3-6H2,(H,14,16). The number of benzene rings is 1. The Kier molecular flexibility index (Phi) is 2.39. The average Bonchev–Trinajstić information content (AvgIpc) is 2.83. The molecule has 3 rings (SSSR count). The molecule has 1 N–H and O–H groups in total. The molecule has 0 spiro atoms. The Balaban J connectivity index is 1.96. The molecule has 2 heterocycles. The van der Waals surface area contributed by atoms with Crippen molar-refractivity contribution in [3.63, 3.8) is 0 Å². The van der Waals surface area contributed by atoms with Crippen LogP contribution in [0.3, 0.4) is 0 Å². The minimum Gasteiger partial charge on any atom is -0.359 e. The molecule has 0 aromatic heterocycles. The number of nitrogens with zero attached hydrogens (tertiary/aromatic N) is 1. The van der Waals surface area contributed by atoms with Gasteiger partial charge in [-0.05, 0) is 30.5 Å². The number of hydrogen-bond acceptors (Lipinski definition) is 2. The second kappa shape index (κ2) is 3.77. The summed E-state index contributed by atoms with van der Waals surface area (Å²) in [7, 11) is 0. The number of rotatable bonds is 1. The van der Waals surface area contributed by atoms with Gasteiger partial charge in [0.2, 0.25) is 5.91 Å². The first-order valence-electron chi connectivity index (χ1n) is 5.58. The van der Waals surface area contributed by atoms with Gasteiger partial charge in [-0.25, -0.2) is 0 Å².